The smallest absolute Gasteiger partial charge is 0.243 e. The highest BCUT2D eigenvalue weighted by Gasteiger charge is 2.32. The van der Waals surface area contributed by atoms with E-state index in [0.29, 0.717) is 19.3 Å². The first kappa shape index (κ1) is 35.4. The van der Waals surface area contributed by atoms with Gasteiger partial charge < -0.3 is 38.5 Å². The molecule has 0 saturated carbocycles. The number of nitrogens with two attached hydrogens (primary N) is 3. The van der Waals surface area contributed by atoms with E-state index in [2.05, 4.69) is 26.3 Å². The molecule has 5 amide bonds. The van der Waals surface area contributed by atoms with Crippen LogP contribution in [0.5, 0.6) is 0 Å². The van der Waals surface area contributed by atoms with Gasteiger partial charge in [-0.25, -0.2) is 0 Å². The van der Waals surface area contributed by atoms with Crippen molar-refractivity contribution in [3.05, 3.63) is 12.2 Å². The van der Waals surface area contributed by atoms with Gasteiger partial charge in [0.2, 0.25) is 29.5 Å². The number of hydrogen-bond acceptors (Lipinski definition) is 6. The van der Waals surface area contributed by atoms with E-state index in [0.717, 1.165) is 25.7 Å². The molecule has 1 heterocycles. The maximum atomic E-state index is 13.5. The van der Waals surface area contributed by atoms with E-state index < -0.39 is 47.8 Å². The second kappa shape index (κ2) is 18.7. The lowest BCUT2D eigenvalue weighted by molar-refractivity contribution is -0.135. The summed E-state index contributed by atoms with van der Waals surface area (Å²) in [5.74, 6) is -3.07. The molecule has 1 aliphatic heterocycles. The molecule has 0 fully saturated rings. The van der Waals surface area contributed by atoms with Crippen LogP contribution in [0, 0.1) is 11.8 Å². The minimum atomic E-state index is -1.05. The van der Waals surface area contributed by atoms with Gasteiger partial charge in [-0.05, 0) is 50.4 Å². The summed E-state index contributed by atoms with van der Waals surface area (Å²) in [7, 11) is 0. The minimum Gasteiger partial charge on any atom is -0.370 e. The molecule has 2 unspecified atom stereocenters. The Morgan fingerprint density at radius 2 is 1.73 bits per heavy atom. The number of rotatable bonds is 12. The molecular formula is C28H50N8O5. The number of guanidine groups is 1. The van der Waals surface area contributed by atoms with Crippen molar-refractivity contribution in [2.45, 2.75) is 110 Å². The number of nitrogens with zero attached hydrogens (tertiary/aromatic N) is 1. The summed E-state index contributed by atoms with van der Waals surface area (Å²) in [4.78, 5) is 68.4. The molecule has 1 rings (SSSR count). The number of carbonyl (C=O) groups excluding carboxylic acids is 5. The zero-order valence-corrected chi connectivity index (χ0v) is 24.9. The van der Waals surface area contributed by atoms with Crippen LogP contribution < -0.4 is 38.5 Å². The average Bonchev–Trinajstić information content (AvgIpc) is 2.90. The Morgan fingerprint density at radius 3 is 2.34 bits per heavy atom. The van der Waals surface area contributed by atoms with E-state index in [-0.39, 0.29) is 43.1 Å². The van der Waals surface area contributed by atoms with Gasteiger partial charge in [0.05, 0.1) is 0 Å². The van der Waals surface area contributed by atoms with E-state index in [4.69, 9.17) is 17.2 Å². The molecule has 0 aliphatic carbocycles. The molecule has 0 aromatic heterocycles. The SMILES string of the molecule is CC[C@@H](C)[C@@H]1NC(=O)CCCCC/C=C/CC(C(=O)N[C@@H](CCCN=C(N)N)C(=O)NC(C(N)=O)C(C)C)NC1=O. The number of allylic oxidation sites excluding steroid dienone is 1. The maximum Gasteiger partial charge on any atom is 0.243 e. The number of primary amides is 1. The predicted octanol–water partition coefficient (Wildman–Crippen LogP) is 0.0770. The van der Waals surface area contributed by atoms with Crippen molar-refractivity contribution in [3.63, 3.8) is 0 Å². The maximum absolute atomic E-state index is 13.5. The fourth-order valence-electron chi connectivity index (χ4n) is 4.38. The molecule has 1 aliphatic rings. The van der Waals surface area contributed by atoms with Crippen LogP contribution in [0.1, 0.15) is 85.5 Å². The van der Waals surface area contributed by atoms with E-state index in [1.54, 1.807) is 13.8 Å². The molecule has 0 saturated heterocycles. The predicted molar refractivity (Wildman–Crippen MR) is 158 cm³/mol. The van der Waals surface area contributed by atoms with Gasteiger partial charge in [0.1, 0.15) is 24.2 Å². The van der Waals surface area contributed by atoms with Gasteiger partial charge in [-0.3, -0.25) is 29.0 Å². The van der Waals surface area contributed by atoms with Crippen molar-refractivity contribution in [1.82, 2.24) is 21.3 Å². The summed E-state index contributed by atoms with van der Waals surface area (Å²) in [6.45, 7) is 7.50. The number of hydrogen-bond donors (Lipinski definition) is 7. The minimum absolute atomic E-state index is 0.0965. The zero-order chi connectivity index (χ0) is 30.9. The lowest BCUT2D eigenvalue weighted by atomic mass is 9.97. The lowest BCUT2D eigenvalue weighted by Crippen LogP contribution is -2.59. The van der Waals surface area contributed by atoms with E-state index in [1.165, 1.54) is 0 Å². The van der Waals surface area contributed by atoms with Crippen molar-refractivity contribution < 1.29 is 24.0 Å². The third-order valence-corrected chi connectivity index (χ3v) is 7.11. The number of nitrogens with one attached hydrogen (secondary N) is 4. The third kappa shape index (κ3) is 13.5. The molecule has 0 radical (unpaired) electrons. The van der Waals surface area contributed by atoms with Crippen molar-refractivity contribution >= 4 is 35.5 Å². The largest absolute Gasteiger partial charge is 0.370 e. The molecule has 13 nitrogen and oxygen atoms in total. The van der Waals surface area contributed by atoms with Crippen molar-refractivity contribution in [2.24, 2.45) is 34.0 Å². The molecule has 10 N–H and O–H groups in total. The Balaban J connectivity index is 3.21. The van der Waals surface area contributed by atoms with Crippen molar-refractivity contribution in [1.29, 1.82) is 0 Å². The molecule has 232 valence electrons. The van der Waals surface area contributed by atoms with Gasteiger partial charge in [0, 0.05) is 13.0 Å². The number of amides is 5. The third-order valence-electron chi connectivity index (χ3n) is 7.11. The van der Waals surface area contributed by atoms with Gasteiger partial charge in [-0.15, -0.1) is 0 Å². The first-order valence-corrected chi connectivity index (χ1v) is 14.6. The van der Waals surface area contributed by atoms with Crippen LogP contribution >= 0.6 is 0 Å². The highest BCUT2D eigenvalue weighted by molar-refractivity contribution is 5.95. The summed E-state index contributed by atoms with van der Waals surface area (Å²) in [6.07, 6.45) is 8.76. The van der Waals surface area contributed by atoms with Crippen LogP contribution in [0.4, 0.5) is 0 Å². The van der Waals surface area contributed by atoms with Gasteiger partial charge in [-0.1, -0.05) is 52.7 Å². The summed E-state index contributed by atoms with van der Waals surface area (Å²) in [6, 6.07) is -3.79. The highest BCUT2D eigenvalue weighted by Crippen LogP contribution is 2.12. The first-order valence-electron chi connectivity index (χ1n) is 14.6. The molecule has 0 aromatic rings. The van der Waals surface area contributed by atoms with Crippen LogP contribution in [0.25, 0.3) is 0 Å². The molecule has 41 heavy (non-hydrogen) atoms. The second-order valence-electron chi connectivity index (χ2n) is 10.9. The summed E-state index contributed by atoms with van der Waals surface area (Å²) in [5, 5.41) is 11.0. The quantitative estimate of drug-likeness (QED) is 0.0730. The van der Waals surface area contributed by atoms with E-state index in [9.17, 15) is 24.0 Å². The Morgan fingerprint density at radius 1 is 1.02 bits per heavy atom. The van der Waals surface area contributed by atoms with Gasteiger partial charge >= 0.3 is 0 Å². The van der Waals surface area contributed by atoms with Crippen LogP contribution in [0.3, 0.4) is 0 Å². The van der Waals surface area contributed by atoms with Gasteiger partial charge in [0.15, 0.2) is 5.96 Å². The highest BCUT2D eigenvalue weighted by atomic mass is 16.2. The topological polar surface area (TPSA) is 224 Å². The average molecular weight is 579 g/mol. The molecular weight excluding hydrogens is 528 g/mol. The Hall–Kier alpha value is -3.64. The Kier molecular flexibility index (Phi) is 16.1. The fourth-order valence-corrected chi connectivity index (χ4v) is 4.38. The fraction of sp³-hybridized carbons (Fsp3) is 0.714. The Bertz CT molecular complexity index is 948. The molecule has 0 aromatic carbocycles. The van der Waals surface area contributed by atoms with Crippen LogP contribution in [-0.2, 0) is 24.0 Å². The van der Waals surface area contributed by atoms with Crippen LogP contribution in [0.2, 0.25) is 0 Å². The van der Waals surface area contributed by atoms with E-state index in [1.807, 2.05) is 26.0 Å². The normalized spacial score (nSPS) is 21.7. The van der Waals surface area contributed by atoms with Gasteiger partial charge in [-0.2, -0.15) is 0 Å². The second-order valence-corrected chi connectivity index (χ2v) is 10.9. The molecule has 13 heteroatoms. The monoisotopic (exact) mass is 578 g/mol. The van der Waals surface area contributed by atoms with E-state index >= 15 is 0 Å². The van der Waals surface area contributed by atoms with Crippen LogP contribution in [-0.4, -0.2) is 66.2 Å². The first-order chi connectivity index (χ1) is 19.4. The summed E-state index contributed by atoms with van der Waals surface area (Å²) >= 11 is 0. The molecule has 0 bridgehead atoms. The Labute approximate surface area is 243 Å². The molecule has 5 atom stereocenters. The number of carbonyl (C=O) groups is 5. The molecule has 0 spiro atoms. The van der Waals surface area contributed by atoms with Crippen molar-refractivity contribution in [3.8, 4) is 0 Å². The lowest BCUT2D eigenvalue weighted by Gasteiger charge is -2.28. The van der Waals surface area contributed by atoms with Gasteiger partial charge in [0.25, 0.3) is 0 Å². The standard InChI is InChI=1S/C28H50N8O5/c1-5-18(4)23-27(41)34-19(13-10-8-6-7-9-11-15-21(37)35-23)25(39)33-20(14-12-16-32-28(30)31)26(40)36-22(17(2)3)24(29)38/h8,10,17-20,22-23H,5-7,9,11-16H2,1-4H3,(H2,29,38)(H,33,39)(H,34,41)(H,35,37)(H,36,40)(H4,30,31,32)/b10-8+/t18-,19?,20+,22?,23+/m1/s1. The van der Waals surface area contributed by atoms with Crippen molar-refractivity contribution in [2.75, 3.05) is 6.54 Å². The summed E-state index contributed by atoms with van der Waals surface area (Å²) < 4.78 is 0. The number of aliphatic imine (C=N–C) groups is 1. The zero-order valence-electron chi connectivity index (χ0n) is 24.9. The summed E-state index contributed by atoms with van der Waals surface area (Å²) in [5.41, 5.74) is 16.2. The van der Waals surface area contributed by atoms with Crippen LogP contribution in [0.15, 0.2) is 17.1 Å².